The molecule has 0 aliphatic rings. The van der Waals surface area contributed by atoms with E-state index in [9.17, 15) is 4.79 Å². The molecule has 14 heavy (non-hydrogen) atoms. The normalized spacial score (nSPS) is 12.5. The Morgan fingerprint density at radius 3 is 2.93 bits per heavy atom. The van der Waals surface area contributed by atoms with Gasteiger partial charge >= 0.3 is 0 Å². The third-order valence-corrected chi connectivity index (χ3v) is 2.51. The van der Waals surface area contributed by atoms with Gasteiger partial charge in [0.1, 0.15) is 0 Å². The molecule has 0 amide bonds. The van der Waals surface area contributed by atoms with Crippen LogP contribution in [0.3, 0.4) is 0 Å². The molecule has 0 saturated carbocycles. The smallest absolute Gasteiger partial charge is 0.167 e. The van der Waals surface area contributed by atoms with E-state index >= 15 is 0 Å². The maximum Gasteiger partial charge on any atom is 0.167 e. The molecule has 0 radical (unpaired) electrons. The van der Waals surface area contributed by atoms with Gasteiger partial charge < -0.3 is 0 Å². The van der Waals surface area contributed by atoms with Crippen LogP contribution >= 0.6 is 11.6 Å². The molecule has 1 rings (SSSR count). The number of Topliss-reactive ketones (excluding diaryl/α,β-unsaturated/α-hetero) is 1. The zero-order valence-corrected chi connectivity index (χ0v) is 9.21. The van der Waals surface area contributed by atoms with Crippen molar-refractivity contribution in [3.63, 3.8) is 0 Å². The van der Waals surface area contributed by atoms with Crippen LogP contribution < -0.4 is 0 Å². The van der Waals surface area contributed by atoms with Gasteiger partial charge in [-0.3, -0.25) is 9.78 Å². The third-order valence-electron chi connectivity index (χ3n) is 2.21. The van der Waals surface area contributed by atoms with E-state index in [0.29, 0.717) is 10.6 Å². The molecule has 0 bridgehead atoms. The van der Waals surface area contributed by atoms with Crippen LogP contribution in [0.1, 0.15) is 37.0 Å². The molecule has 0 aromatic carbocycles. The lowest BCUT2D eigenvalue weighted by Crippen LogP contribution is -2.11. The first kappa shape index (κ1) is 11.2. The Balaban J connectivity index is 2.84. The summed E-state index contributed by atoms with van der Waals surface area (Å²) in [6.07, 6.45) is 5.01. The van der Waals surface area contributed by atoms with E-state index in [1.165, 1.54) is 6.20 Å². The van der Waals surface area contributed by atoms with E-state index < -0.39 is 0 Å². The highest BCUT2D eigenvalue weighted by Gasteiger charge is 2.16. The quantitative estimate of drug-likeness (QED) is 0.715. The molecule has 0 unspecified atom stereocenters. The number of hydrogen-bond donors (Lipinski definition) is 0. The van der Waals surface area contributed by atoms with Gasteiger partial charge in [0.05, 0.1) is 5.02 Å². The highest BCUT2D eigenvalue weighted by atomic mass is 35.5. The second-order valence-electron chi connectivity index (χ2n) is 3.41. The summed E-state index contributed by atoms with van der Waals surface area (Å²) < 4.78 is 0. The van der Waals surface area contributed by atoms with Crippen LogP contribution in [0.2, 0.25) is 5.02 Å². The Morgan fingerprint density at radius 2 is 2.36 bits per heavy atom. The number of rotatable bonds is 4. The van der Waals surface area contributed by atoms with Crippen LogP contribution in [0, 0.1) is 5.92 Å². The Hall–Kier alpha value is -0.890. The second kappa shape index (κ2) is 5.11. The summed E-state index contributed by atoms with van der Waals surface area (Å²) in [5.41, 5.74) is 0.586. The highest BCUT2D eigenvalue weighted by Crippen LogP contribution is 2.19. The molecular formula is C11H14ClNO. The fourth-order valence-electron chi connectivity index (χ4n) is 1.40. The van der Waals surface area contributed by atoms with Gasteiger partial charge in [-0.2, -0.15) is 0 Å². The van der Waals surface area contributed by atoms with Gasteiger partial charge in [0.25, 0.3) is 0 Å². The maximum atomic E-state index is 11.8. The van der Waals surface area contributed by atoms with Crippen molar-refractivity contribution >= 4 is 17.4 Å². The molecule has 0 aliphatic carbocycles. The van der Waals surface area contributed by atoms with E-state index in [4.69, 9.17) is 11.6 Å². The van der Waals surface area contributed by atoms with Gasteiger partial charge in [0, 0.05) is 23.9 Å². The van der Waals surface area contributed by atoms with Crippen LogP contribution in [-0.4, -0.2) is 10.8 Å². The number of halogens is 1. The minimum Gasteiger partial charge on any atom is -0.294 e. The summed E-state index contributed by atoms with van der Waals surface area (Å²) in [6.45, 7) is 4.00. The molecule has 2 nitrogen and oxygen atoms in total. The summed E-state index contributed by atoms with van der Waals surface area (Å²) in [5.74, 6) is 0.152. The lowest BCUT2D eigenvalue weighted by atomic mass is 9.96. The van der Waals surface area contributed by atoms with Gasteiger partial charge in [-0.15, -0.1) is 0 Å². The molecule has 1 atom stereocenters. The van der Waals surface area contributed by atoms with E-state index in [0.717, 1.165) is 12.8 Å². The Kier molecular flexibility index (Phi) is 4.08. The molecule has 0 aliphatic heterocycles. The standard InChI is InChI=1S/C11H14ClNO/c1-3-4-8(2)11(14)9-5-6-13-7-10(9)12/h5-8H,3-4H2,1-2H3/t8-/m0/s1. The molecule has 3 heteroatoms. The highest BCUT2D eigenvalue weighted by molar-refractivity contribution is 6.33. The first-order chi connectivity index (χ1) is 6.66. The minimum atomic E-state index is 0.0416. The molecule has 1 aromatic rings. The van der Waals surface area contributed by atoms with E-state index in [-0.39, 0.29) is 11.7 Å². The number of nitrogens with zero attached hydrogens (tertiary/aromatic N) is 1. The van der Waals surface area contributed by atoms with Crippen molar-refractivity contribution in [2.75, 3.05) is 0 Å². The molecule has 0 fully saturated rings. The Labute approximate surface area is 89.3 Å². The predicted octanol–water partition coefficient (Wildman–Crippen LogP) is 3.35. The predicted molar refractivity (Wildman–Crippen MR) is 57.6 cm³/mol. The van der Waals surface area contributed by atoms with Crippen molar-refractivity contribution in [1.29, 1.82) is 0 Å². The summed E-state index contributed by atoms with van der Waals surface area (Å²) in [6, 6.07) is 1.68. The third kappa shape index (κ3) is 2.55. The topological polar surface area (TPSA) is 30.0 Å². The van der Waals surface area contributed by atoms with E-state index in [1.807, 2.05) is 6.92 Å². The number of pyridine rings is 1. The SMILES string of the molecule is CCC[C@H](C)C(=O)c1ccncc1Cl. The van der Waals surface area contributed by atoms with Gasteiger partial charge in [-0.25, -0.2) is 0 Å². The summed E-state index contributed by atoms with van der Waals surface area (Å²) in [5, 5.41) is 0.445. The van der Waals surface area contributed by atoms with Crippen molar-refractivity contribution in [1.82, 2.24) is 4.98 Å². The fourth-order valence-corrected chi connectivity index (χ4v) is 1.62. The van der Waals surface area contributed by atoms with Crippen molar-refractivity contribution < 1.29 is 4.79 Å². The van der Waals surface area contributed by atoms with Crippen molar-refractivity contribution in [2.24, 2.45) is 5.92 Å². The Bertz CT molecular complexity index is 325. The van der Waals surface area contributed by atoms with Crippen LogP contribution in [0.25, 0.3) is 0 Å². The van der Waals surface area contributed by atoms with E-state index in [2.05, 4.69) is 11.9 Å². The van der Waals surface area contributed by atoms with Crippen molar-refractivity contribution in [3.05, 3.63) is 29.0 Å². The number of carbonyl (C=O) groups excluding carboxylic acids is 1. The molecule has 0 saturated heterocycles. The monoisotopic (exact) mass is 211 g/mol. The number of carbonyl (C=O) groups is 1. The average Bonchev–Trinajstić information content (AvgIpc) is 2.18. The van der Waals surface area contributed by atoms with Gasteiger partial charge in [-0.05, 0) is 12.5 Å². The lowest BCUT2D eigenvalue weighted by Gasteiger charge is -2.09. The molecule has 1 heterocycles. The Morgan fingerprint density at radius 1 is 1.64 bits per heavy atom. The lowest BCUT2D eigenvalue weighted by molar-refractivity contribution is 0.0923. The average molecular weight is 212 g/mol. The zero-order valence-electron chi connectivity index (χ0n) is 8.46. The van der Waals surface area contributed by atoms with Crippen LogP contribution in [0.15, 0.2) is 18.5 Å². The number of ketones is 1. The van der Waals surface area contributed by atoms with Gasteiger partial charge in [0.2, 0.25) is 0 Å². The molecule has 0 N–H and O–H groups in total. The minimum absolute atomic E-state index is 0.0416. The van der Waals surface area contributed by atoms with E-state index in [1.54, 1.807) is 12.3 Å². The first-order valence-electron chi connectivity index (χ1n) is 4.80. The number of aromatic nitrogens is 1. The summed E-state index contributed by atoms with van der Waals surface area (Å²) in [4.78, 5) is 15.7. The fraction of sp³-hybridized carbons (Fsp3) is 0.455. The molecular weight excluding hydrogens is 198 g/mol. The van der Waals surface area contributed by atoms with Gasteiger partial charge in [0.15, 0.2) is 5.78 Å². The van der Waals surface area contributed by atoms with Gasteiger partial charge in [-0.1, -0.05) is 31.9 Å². The van der Waals surface area contributed by atoms with Crippen LogP contribution in [0.4, 0.5) is 0 Å². The summed E-state index contributed by atoms with van der Waals surface area (Å²) >= 11 is 5.88. The molecule has 0 spiro atoms. The zero-order chi connectivity index (χ0) is 10.6. The second-order valence-corrected chi connectivity index (χ2v) is 3.82. The van der Waals surface area contributed by atoms with Crippen LogP contribution in [0.5, 0.6) is 0 Å². The van der Waals surface area contributed by atoms with Crippen molar-refractivity contribution in [2.45, 2.75) is 26.7 Å². The van der Waals surface area contributed by atoms with Crippen LogP contribution in [-0.2, 0) is 0 Å². The number of hydrogen-bond acceptors (Lipinski definition) is 2. The molecule has 1 aromatic heterocycles. The largest absolute Gasteiger partial charge is 0.294 e. The van der Waals surface area contributed by atoms with Crippen molar-refractivity contribution in [3.8, 4) is 0 Å². The summed E-state index contributed by atoms with van der Waals surface area (Å²) in [7, 11) is 0. The first-order valence-corrected chi connectivity index (χ1v) is 5.18. The molecule has 76 valence electrons. The maximum absolute atomic E-state index is 11.8.